The first-order chi connectivity index (χ1) is 6.24. The molecular weight excluding hydrogens is 172 g/mol. The van der Waals surface area contributed by atoms with Crippen LogP contribution in [0.5, 0.6) is 0 Å². The third-order valence-corrected chi connectivity index (χ3v) is 1.32. The van der Waals surface area contributed by atoms with Gasteiger partial charge in [0.2, 0.25) is 5.43 Å². The van der Waals surface area contributed by atoms with Gasteiger partial charge >= 0.3 is 5.97 Å². The molecule has 0 aliphatic heterocycles. The van der Waals surface area contributed by atoms with E-state index in [0.717, 1.165) is 18.7 Å². The second-order valence-electron chi connectivity index (χ2n) is 2.47. The van der Waals surface area contributed by atoms with Gasteiger partial charge in [-0.3, -0.25) is 9.89 Å². The fraction of sp³-hybridized carbons (Fsp3) is 0.375. The van der Waals surface area contributed by atoms with Crippen molar-refractivity contribution in [3.8, 4) is 0 Å². The Balaban J connectivity index is 2.71. The van der Waals surface area contributed by atoms with E-state index >= 15 is 0 Å². The predicted octanol–water partition coefficient (Wildman–Crippen LogP) is 0.337. The van der Waals surface area contributed by atoms with Crippen LogP contribution < -0.4 is 5.43 Å². The van der Waals surface area contributed by atoms with Gasteiger partial charge in [0.05, 0.1) is 12.8 Å². The number of nitrogens with one attached hydrogen (secondary N) is 1. The molecule has 1 rings (SSSR count). The second-order valence-corrected chi connectivity index (χ2v) is 2.47. The Morgan fingerprint density at radius 2 is 2.46 bits per heavy atom. The molecular formula is C8H10N2O3. The number of rotatable bonds is 3. The zero-order chi connectivity index (χ0) is 9.68. The molecule has 0 aliphatic rings. The van der Waals surface area contributed by atoms with Crippen molar-refractivity contribution in [1.29, 1.82) is 0 Å². The van der Waals surface area contributed by atoms with E-state index in [1.54, 1.807) is 0 Å². The molecule has 0 spiro atoms. The van der Waals surface area contributed by atoms with Gasteiger partial charge in [-0.1, -0.05) is 6.92 Å². The molecule has 0 fully saturated rings. The number of aromatic amines is 1. The lowest BCUT2D eigenvalue weighted by atomic mass is 10.4. The zero-order valence-corrected chi connectivity index (χ0v) is 7.24. The Morgan fingerprint density at radius 3 is 3.08 bits per heavy atom. The summed E-state index contributed by atoms with van der Waals surface area (Å²) in [5, 5.41) is 5.87. The van der Waals surface area contributed by atoms with E-state index in [0.29, 0.717) is 6.61 Å². The van der Waals surface area contributed by atoms with E-state index < -0.39 is 5.97 Å². The Hall–Kier alpha value is -1.65. The SMILES string of the molecule is CCCOC(=O)c1cc(=O)cn[nH]1. The van der Waals surface area contributed by atoms with E-state index in [1.807, 2.05) is 6.92 Å². The summed E-state index contributed by atoms with van der Waals surface area (Å²) < 4.78 is 4.78. The largest absolute Gasteiger partial charge is 0.461 e. The van der Waals surface area contributed by atoms with Crippen LogP contribution in [-0.4, -0.2) is 22.8 Å². The molecule has 0 unspecified atom stereocenters. The molecule has 0 radical (unpaired) electrons. The van der Waals surface area contributed by atoms with Crippen molar-refractivity contribution in [2.24, 2.45) is 0 Å². The Kier molecular flexibility index (Phi) is 3.19. The van der Waals surface area contributed by atoms with E-state index in [2.05, 4.69) is 10.2 Å². The summed E-state index contributed by atoms with van der Waals surface area (Å²) >= 11 is 0. The summed E-state index contributed by atoms with van der Waals surface area (Å²) in [4.78, 5) is 21.9. The van der Waals surface area contributed by atoms with Gasteiger partial charge in [-0.2, -0.15) is 5.10 Å². The minimum Gasteiger partial charge on any atom is -0.461 e. The average Bonchev–Trinajstić information content (AvgIpc) is 2.14. The maximum atomic E-state index is 11.1. The Labute approximate surface area is 74.7 Å². The second kappa shape index (κ2) is 4.39. The summed E-state index contributed by atoms with van der Waals surface area (Å²) in [5.74, 6) is -0.549. The van der Waals surface area contributed by atoms with Gasteiger partial charge in [-0.25, -0.2) is 4.79 Å². The number of H-pyrrole nitrogens is 1. The summed E-state index contributed by atoms with van der Waals surface area (Å²) in [7, 11) is 0. The molecule has 0 saturated heterocycles. The van der Waals surface area contributed by atoms with Gasteiger partial charge in [0, 0.05) is 6.07 Å². The highest BCUT2D eigenvalue weighted by molar-refractivity contribution is 5.86. The fourth-order valence-corrected chi connectivity index (χ4v) is 0.754. The van der Waals surface area contributed by atoms with E-state index in [1.165, 1.54) is 0 Å². The van der Waals surface area contributed by atoms with Crippen LogP contribution in [0, 0.1) is 0 Å². The molecule has 0 bridgehead atoms. The van der Waals surface area contributed by atoms with Gasteiger partial charge in [0.1, 0.15) is 5.69 Å². The van der Waals surface area contributed by atoms with Crippen molar-refractivity contribution in [3.63, 3.8) is 0 Å². The molecule has 0 atom stereocenters. The van der Waals surface area contributed by atoms with Crippen LogP contribution in [0.1, 0.15) is 23.8 Å². The van der Waals surface area contributed by atoms with Crippen LogP contribution in [0.25, 0.3) is 0 Å². The summed E-state index contributed by atoms with van der Waals surface area (Å²) in [5.41, 5.74) is -0.233. The van der Waals surface area contributed by atoms with Crippen LogP contribution in [0.3, 0.4) is 0 Å². The lowest BCUT2D eigenvalue weighted by Gasteiger charge is -2.00. The van der Waals surface area contributed by atoms with Crippen molar-refractivity contribution in [2.75, 3.05) is 6.61 Å². The quantitative estimate of drug-likeness (QED) is 0.684. The van der Waals surface area contributed by atoms with Gasteiger partial charge in [0.15, 0.2) is 0 Å². The molecule has 70 valence electrons. The lowest BCUT2D eigenvalue weighted by molar-refractivity contribution is 0.0496. The third-order valence-electron chi connectivity index (χ3n) is 1.32. The number of hydrogen-bond acceptors (Lipinski definition) is 4. The first-order valence-corrected chi connectivity index (χ1v) is 3.96. The van der Waals surface area contributed by atoms with Gasteiger partial charge in [-0.15, -0.1) is 0 Å². The smallest absolute Gasteiger partial charge is 0.356 e. The maximum Gasteiger partial charge on any atom is 0.356 e. The standard InChI is InChI=1S/C8H10N2O3/c1-2-3-13-8(12)7-4-6(11)5-9-10-7/h4-5H,2-3H2,1H3,(H,10,11). The number of nitrogens with zero attached hydrogens (tertiary/aromatic N) is 1. The van der Waals surface area contributed by atoms with E-state index in [-0.39, 0.29) is 11.1 Å². The third kappa shape index (κ3) is 2.70. The minimum absolute atomic E-state index is 0.0842. The van der Waals surface area contributed by atoms with Crippen molar-refractivity contribution in [3.05, 3.63) is 28.2 Å². The molecule has 13 heavy (non-hydrogen) atoms. The molecule has 0 aliphatic carbocycles. The normalized spacial score (nSPS) is 9.62. The zero-order valence-electron chi connectivity index (χ0n) is 7.24. The van der Waals surface area contributed by atoms with Crippen LogP contribution in [0.2, 0.25) is 0 Å². The number of esters is 1. The predicted molar refractivity (Wildman–Crippen MR) is 45.4 cm³/mol. The summed E-state index contributed by atoms with van der Waals surface area (Å²) in [6.07, 6.45) is 1.84. The number of aromatic nitrogens is 2. The molecule has 5 nitrogen and oxygen atoms in total. The molecule has 0 saturated carbocycles. The van der Waals surface area contributed by atoms with Crippen molar-refractivity contribution < 1.29 is 9.53 Å². The highest BCUT2D eigenvalue weighted by Gasteiger charge is 2.06. The van der Waals surface area contributed by atoms with Crippen molar-refractivity contribution in [2.45, 2.75) is 13.3 Å². The fourth-order valence-electron chi connectivity index (χ4n) is 0.754. The number of hydrogen-bond donors (Lipinski definition) is 1. The Bertz CT molecular complexity index is 345. The van der Waals surface area contributed by atoms with Crippen LogP contribution in [0.4, 0.5) is 0 Å². The van der Waals surface area contributed by atoms with Crippen molar-refractivity contribution in [1.82, 2.24) is 10.2 Å². The first kappa shape index (κ1) is 9.44. The summed E-state index contributed by atoms with van der Waals surface area (Å²) in [6, 6.07) is 1.16. The highest BCUT2D eigenvalue weighted by atomic mass is 16.5. The maximum absolute atomic E-state index is 11.1. The topological polar surface area (TPSA) is 72.1 Å². The molecule has 1 aromatic rings. The van der Waals surface area contributed by atoms with Gasteiger partial charge in [0.25, 0.3) is 0 Å². The van der Waals surface area contributed by atoms with Crippen LogP contribution in [0.15, 0.2) is 17.1 Å². The van der Waals surface area contributed by atoms with E-state index in [9.17, 15) is 9.59 Å². The Morgan fingerprint density at radius 1 is 1.69 bits per heavy atom. The lowest BCUT2D eigenvalue weighted by Crippen LogP contribution is -2.13. The molecule has 5 heteroatoms. The first-order valence-electron chi connectivity index (χ1n) is 3.96. The molecule has 1 N–H and O–H groups in total. The molecule has 0 amide bonds. The minimum atomic E-state index is -0.549. The average molecular weight is 182 g/mol. The molecule has 1 heterocycles. The van der Waals surface area contributed by atoms with Crippen LogP contribution >= 0.6 is 0 Å². The monoisotopic (exact) mass is 182 g/mol. The molecule has 0 aromatic carbocycles. The van der Waals surface area contributed by atoms with Crippen LogP contribution in [-0.2, 0) is 4.74 Å². The van der Waals surface area contributed by atoms with Gasteiger partial charge in [-0.05, 0) is 6.42 Å². The van der Waals surface area contributed by atoms with Gasteiger partial charge < -0.3 is 4.74 Å². The van der Waals surface area contributed by atoms with Crippen molar-refractivity contribution >= 4 is 5.97 Å². The summed E-state index contributed by atoms with van der Waals surface area (Å²) in [6.45, 7) is 2.23. The number of ether oxygens (including phenoxy) is 1. The number of carbonyl (C=O) groups excluding carboxylic acids is 1. The highest BCUT2D eigenvalue weighted by Crippen LogP contribution is 1.92. The van der Waals surface area contributed by atoms with E-state index in [4.69, 9.17) is 4.74 Å². The molecule has 1 aromatic heterocycles. The number of carbonyl (C=O) groups is 1.